The van der Waals surface area contributed by atoms with Crippen LogP contribution in [0.25, 0.3) is 22.3 Å². The number of aromatic nitrogens is 6. The summed E-state index contributed by atoms with van der Waals surface area (Å²) in [7, 11) is 4.89. The average molecular weight is 447 g/mol. The smallest absolute Gasteiger partial charge is 0.330 e. The lowest BCUT2D eigenvalue weighted by Crippen LogP contribution is -2.36. The molecule has 0 aliphatic rings. The SMILES string of the molecule is Cn1ccc(-c2c3c(=O)n(C)c(=O)n(C)c3cn2CCCC(=O)c2nc(Cl)cs2)n1. The molecule has 0 aromatic carbocycles. The number of thiazole rings is 1. The van der Waals surface area contributed by atoms with Gasteiger partial charge in [-0.1, -0.05) is 11.6 Å². The number of aryl methyl sites for hydroxylation is 3. The highest BCUT2D eigenvalue weighted by atomic mass is 35.5. The van der Waals surface area contributed by atoms with Crippen molar-refractivity contribution in [3.63, 3.8) is 0 Å². The van der Waals surface area contributed by atoms with Gasteiger partial charge in [-0.15, -0.1) is 11.3 Å². The van der Waals surface area contributed by atoms with E-state index in [0.717, 1.165) is 4.57 Å². The summed E-state index contributed by atoms with van der Waals surface area (Å²) in [6.45, 7) is 0.475. The van der Waals surface area contributed by atoms with Crippen LogP contribution in [0.1, 0.15) is 22.6 Å². The maximum Gasteiger partial charge on any atom is 0.330 e. The number of hydrogen-bond acceptors (Lipinski definition) is 6. The van der Waals surface area contributed by atoms with Gasteiger partial charge < -0.3 is 4.57 Å². The zero-order valence-corrected chi connectivity index (χ0v) is 18.2. The van der Waals surface area contributed by atoms with Gasteiger partial charge in [0.15, 0.2) is 10.8 Å². The normalized spacial score (nSPS) is 11.5. The number of nitrogens with zero attached hydrogens (tertiary/aromatic N) is 6. The van der Waals surface area contributed by atoms with Gasteiger partial charge in [0.25, 0.3) is 5.56 Å². The van der Waals surface area contributed by atoms with Gasteiger partial charge >= 0.3 is 5.69 Å². The molecule has 11 heteroatoms. The first-order valence-corrected chi connectivity index (χ1v) is 10.5. The number of halogens is 1. The lowest BCUT2D eigenvalue weighted by molar-refractivity contribution is 0.0978. The van der Waals surface area contributed by atoms with Crippen molar-refractivity contribution in [3.8, 4) is 11.4 Å². The fourth-order valence-corrected chi connectivity index (χ4v) is 4.40. The largest absolute Gasteiger partial charge is 0.343 e. The molecule has 0 amide bonds. The quantitative estimate of drug-likeness (QED) is 0.423. The number of carbonyl (C=O) groups excluding carboxylic acids is 1. The zero-order valence-electron chi connectivity index (χ0n) is 16.6. The Labute approximate surface area is 179 Å². The Balaban J connectivity index is 1.74. The number of hydrogen-bond donors (Lipinski definition) is 0. The molecule has 0 atom stereocenters. The van der Waals surface area contributed by atoms with E-state index in [9.17, 15) is 14.4 Å². The van der Waals surface area contributed by atoms with Crippen molar-refractivity contribution >= 4 is 39.6 Å². The van der Waals surface area contributed by atoms with E-state index in [0.29, 0.717) is 45.4 Å². The first-order valence-electron chi connectivity index (χ1n) is 9.21. The van der Waals surface area contributed by atoms with Crippen molar-refractivity contribution in [1.82, 2.24) is 28.5 Å². The summed E-state index contributed by atoms with van der Waals surface area (Å²) < 4.78 is 6.08. The van der Waals surface area contributed by atoms with Gasteiger partial charge in [-0.3, -0.25) is 23.4 Å². The highest BCUT2D eigenvalue weighted by Gasteiger charge is 2.21. The molecule has 156 valence electrons. The van der Waals surface area contributed by atoms with Crippen LogP contribution in [0.4, 0.5) is 0 Å². The van der Waals surface area contributed by atoms with Crippen molar-refractivity contribution in [3.05, 3.63) is 54.8 Å². The molecule has 0 aliphatic carbocycles. The Morgan fingerprint density at radius 1 is 1.20 bits per heavy atom. The fraction of sp³-hybridized carbons (Fsp3) is 0.316. The number of fused-ring (bicyclic) bond motifs is 1. The molecule has 9 nitrogen and oxygen atoms in total. The Morgan fingerprint density at radius 3 is 2.60 bits per heavy atom. The van der Waals surface area contributed by atoms with Gasteiger partial charge in [-0.25, -0.2) is 9.78 Å². The maximum atomic E-state index is 12.9. The van der Waals surface area contributed by atoms with Crippen LogP contribution < -0.4 is 11.2 Å². The van der Waals surface area contributed by atoms with Crippen molar-refractivity contribution in [2.45, 2.75) is 19.4 Å². The second-order valence-electron chi connectivity index (χ2n) is 7.01. The summed E-state index contributed by atoms with van der Waals surface area (Å²) >= 11 is 7.02. The minimum absolute atomic E-state index is 0.0775. The van der Waals surface area contributed by atoms with Gasteiger partial charge in [0, 0.05) is 51.9 Å². The van der Waals surface area contributed by atoms with E-state index >= 15 is 0 Å². The Hall–Kier alpha value is -2.98. The molecule has 0 saturated heterocycles. The first-order chi connectivity index (χ1) is 14.3. The molecule has 0 bridgehead atoms. The maximum absolute atomic E-state index is 12.9. The lowest BCUT2D eigenvalue weighted by atomic mass is 10.2. The zero-order chi connectivity index (χ0) is 21.6. The molecule has 4 aromatic heterocycles. The molecule has 0 aliphatic heterocycles. The topological polar surface area (TPSA) is 96.7 Å². The van der Waals surface area contributed by atoms with Crippen LogP contribution in [0.15, 0.2) is 33.4 Å². The van der Waals surface area contributed by atoms with Crippen LogP contribution in [0.2, 0.25) is 5.15 Å². The molecule has 0 radical (unpaired) electrons. The number of carbonyl (C=O) groups is 1. The van der Waals surface area contributed by atoms with Gasteiger partial charge in [0.2, 0.25) is 0 Å². The van der Waals surface area contributed by atoms with Crippen LogP contribution in [0.3, 0.4) is 0 Å². The molecule has 0 fully saturated rings. The van der Waals surface area contributed by atoms with E-state index < -0.39 is 5.69 Å². The third-order valence-electron chi connectivity index (χ3n) is 4.99. The Bertz CT molecular complexity index is 1390. The molecule has 0 saturated carbocycles. The van der Waals surface area contributed by atoms with Gasteiger partial charge in [-0.05, 0) is 12.5 Å². The summed E-state index contributed by atoms with van der Waals surface area (Å²) in [6, 6.07) is 1.82. The van der Waals surface area contributed by atoms with Crippen LogP contribution in [-0.2, 0) is 27.7 Å². The predicted molar refractivity (Wildman–Crippen MR) is 115 cm³/mol. The number of ketones is 1. The van der Waals surface area contributed by atoms with Crippen molar-refractivity contribution in [2.75, 3.05) is 0 Å². The summed E-state index contributed by atoms with van der Waals surface area (Å²) in [6.07, 6.45) is 4.38. The van der Waals surface area contributed by atoms with E-state index in [1.54, 1.807) is 36.6 Å². The van der Waals surface area contributed by atoms with Crippen LogP contribution in [-0.4, -0.2) is 34.2 Å². The summed E-state index contributed by atoms with van der Waals surface area (Å²) in [5.41, 5.74) is 1.02. The molecule has 0 spiro atoms. The Morgan fingerprint density at radius 2 is 1.97 bits per heavy atom. The predicted octanol–water partition coefficient (Wildman–Crippen LogP) is 2.21. The van der Waals surface area contributed by atoms with Gasteiger partial charge in [-0.2, -0.15) is 5.10 Å². The molecule has 30 heavy (non-hydrogen) atoms. The van der Waals surface area contributed by atoms with Gasteiger partial charge in [0.05, 0.1) is 16.6 Å². The Kier molecular flexibility index (Phi) is 5.20. The summed E-state index contributed by atoms with van der Waals surface area (Å²) in [4.78, 5) is 41.6. The molecule has 0 N–H and O–H groups in total. The second kappa shape index (κ2) is 7.69. The van der Waals surface area contributed by atoms with E-state index in [4.69, 9.17) is 11.6 Å². The van der Waals surface area contributed by atoms with E-state index in [-0.39, 0.29) is 17.8 Å². The van der Waals surface area contributed by atoms with Crippen LogP contribution >= 0.6 is 22.9 Å². The van der Waals surface area contributed by atoms with Crippen LogP contribution in [0.5, 0.6) is 0 Å². The highest BCUT2D eigenvalue weighted by molar-refractivity contribution is 7.12. The third-order valence-corrected chi connectivity index (χ3v) is 6.19. The van der Waals surface area contributed by atoms with Gasteiger partial charge in [0.1, 0.15) is 10.8 Å². The molecule has 4 aromatic rings. The minimum Gasteiger partial charge on any atom is -0.343 e. The monoisotopic (exact) mass is 446 g/mol. The molecule has 4 heterocycles. The molecular formula is C19H19ClN6O3S. The van der Waals surface area contributed by atoms with E-state index in [1.807, 2.05) is 10.6 Å². The molecular weight excluding hydrogens is 428 g/mol. The summed E-state index contributed by atoms with van der Waals surface area (Å²) in [5, 5.41) is 7.21. The third kappa shape index (κ3) is 3.41. The molecule has 0 unspecified atom stereocenters. The number of Topliss-reactive ketones (excluding diaryl/α,β-unsaturated/α-hetero) is 1. The van der Waals surface area contributed by atoms with Crippen molar-refractivity contribution < 1.29 is 4.79 Å². The number of rotatable bonds is 6. The highest BCUT2D eigenvalue weighted by Crippen LogP contribution is 2.27. The van der Waals surface area contributed by atoms with Crippen molar-refractivity contribution in [1.29, 1.82) is 0 Å². The minimum atomic E-state index is -0.395. The van der Waals surface area contributed by atoms with Crippen molar-refractivity contribution in [2.24, 2.45) is 21.1 Å². The summed E-state index contributed by atoms with van der Waals surface area (Å²) in [5.74, 6) is -0.0775. The lowest BCUT2D eigenvalue weighted by Gasteiger charge is -2.07. The average Bonchev–Trinajstić information content (AvgIpc) is 3.43. The standard InChI is InChI=1S/C19H19ClN6O3S/c1-23-8-6-11(22-23)16-15-12(24(2)19(29)25(3)18(15)28)9-26(16)7-4-5-13(27)17-21-14(20)10-30-17/h6,8-10H,4-5,7H2,1-3H3. The first kappa shape index (κ1) is 20.3. The van der Waals surface area contributed by atoms with E-state index in [2.05, 4.69) is 10.1 Å². The fourth-order valence-electron chi connectivity index (χ4n) is 3.48. The molecule has 4 rings (SSSR count). The second-order valence-corrected chi connectivity index (χ2v) is 8.26. The van der Waals surface area contributed by atoms with E-state index in [1.165, 1.54) is 23.0 Å². The van der Waals surface area contributed by atoms with Crippen LogP contribution in [0, 0.1) is 0 Å².